The van der Waals surface area contributed by atoms with Gasteiger partial charge in [-0.2, -0.15) is 4.98 Å². The van der Waals surface area contributed by atoms with Crippen LogP contribution in [0, 0.1) is 20.8 Å². The second kappa shape index (κ2) is 12.0. The number of hydrogen-bond acceptors (Lipinski definition) is 6. The second-order valence-electron chi connectivity index (χ2n) is 9.81. The number of benzene rings is 2. The van der Waals surface area contributed by atoms with Crippen molar-refractivity contribution in [3.63, 3.8) is 0 Å². The number of ether oxygens (including phenoxy) is 4. The lowest BCUT2D eigenvalue weighted by Gasteiger charge is -2.18. The van der Waals surface area contributed by atoms with Crippen molar-refractivity contribution >= 4 is 0 Å². The summed E-state index contributed by atoms with van der Waals surface area (Å²) in [7, 11) is 1.61. The van der Waals surface area contributed by atoms with E-state index in [4.69, 9.17) is 18.9 Å². The van der Waals surface area contributed by atoms with Crippen LogP contribution in [-0.4, -0.2) is 36.4 Å². The first kappa shape index (κ1) is 26.5. The molecule has 2 heterocycles. The molecule has 6 nitrogen and oxygen atoms in total. The molecule has 4 rings (SSSR count). The largest absolute Gasteiger partial charge is 0.493 e. The molecule has 0 spiro atoms. The van der Waals surface area contributed by atoms with Crippen molar-refractivity contribution < 1.29 is 18.9 Å². The van der Waals surface area contributed by atoms with Gasteiger partial charge in [-0.25, -0.2) is 4.98 Å². The van der Waals surface area contributed by atoms with Crippen LogP contribution in [0.5, 0.6) is 23.1 Å². The van der Waals surface area contributed by atoms with Crippen molar-refractivity contribution in [1.82, 2.24) is 9.97 Å². The molecule has 1 fully saturated rings. The lowest BCUT2D eigenvalue weighted by Crippen LogP contribution is -2.17. The molecule has 0 saturated carbocycles. The molecule has 1 aromatic heterocycles. The van der Waals surface area contributed by atoms with E-state index in [2.05, 4.69) is 61.9 Å². The van der Waals surface area contributed by atoms with Crippen molar-refractivity contribution in [3.8, 4) is 23.1 Å². The van der Waals surface area contributed by atoms with E-state index < -0.39 is 0 Å². The Kier molecular flexibility index (Phi) is 9.10. The van der Waals surface area contributed by atoms with Crippen molar-refractivity contribution in [2.45, 2.75) is 65.9 Å². The molecule has 1 saturated heterocycles. The van der Waals surface area contributed by atoms with Crippen LogP contribution in [0.2, 0.25) is 0 Å². The van der Waals surface area contributed by atoms with Gasteiger partial charge in [0.2, 0.25) is 5.75 Å². The molecule has 0 bridgehead atoms. The van der Waals surface area contributed by atoms with E-state index >= 15 is 0 Å². The van der Waals surface area contributed by atoms with Gasteiger partial charge in [-0.3, -0.25) is 0 Å². The normalized spacial score (nSPS) is 15.2. The maximum Gasteiger partial charge on any atom is 0.261 e. The van der Waals surface area contributed by atoms with Crippen LogP contribution in [0.15, 0.2) is 48.5 Å². The molecule has 3 aromatic rings. The van der Waals surface area contributed by atoms with Gasteiger partial charge in [-0.1, -0.05) is 62.7 Å². The first-order valence-electron chi connectivity index (χ1n) is 12.1. The molecule has 0 N–H and O–H groups in total. The van der Waals surface area contributed by atoms with Gasteiger partial charge in [-0.15, -0.1) is 0 Å². The van der Waals surface area contributed by atoms with Crippen LogP contribution in [0.1, 0.15) is 56.3 Å². The molecule has 1 aliphatic rings. The maximum atomic E-state index is 6.02. The monoisotopic (exact) mass is 478 g/mol. The van der Waals surface area contributed by atoms with E-state index in [0.717, 1.165) is 25.1 Å². The summed E-state index contributed by atoms with van der Waals surface area (Å²) in [5.74, 6) is 2.81. The fourth-order valence-corrected chi connectivity index (χ4v) is 3.70. The summed E-state index contributed by atoms with van der Waals surface area (Å²) in [5, 5.41) is 0. The third-order valence-corrected chi connectivity index (χ3v) is 5.74. The number of methoxy groups -OCH3 is 1. The third kappa shape index (κ3) is 7.69. The zero-order valence-corrected chi connectivity index (χ0v) is 22.1. The number of aromatic nitrogens is 2. The van der Waals surface area contributed by atoms with E-state index in [1.807, 2.05) is 38.1 Å². The van der Waals surface area contributed by atoms with E-state index in [1.165, 1.54) is 11.1 Å². The zero-order chi connectivity index (χ0) is 25.4. The Morgan fingerprint density at radius 2 is 1.63 bits per heavy atom. The molecule has 0 radical (unpaired) electrons. The highest BCUT2D eigenvalue weighted by molar-refractivity contribution is 5.46. The highest BCUT2D eigenvalue weighted by atomic mass is 16.6. The fraction of sp³-hybridized carbons (Fsp3) is 0.448. The summed E-state index contributed by atoms with van der Waals surface area (Å²) in [6, 6.07) is 16.2. The van der Waals surface area contributed by atoms with Gasteiger partial charge in [0.05, 0.1) is 18.9 Å². The molecule has 6 heteroatoms. The van der Waals surface area contributed by atoms with E-state index in [9.17, 15) is 0 Å². The molecule has 2 aromatic carbocycles. The molecule has 35 heavy (non-hydrogen) atoms. The zero-order valence-electron chi connectivity index (χ0n) is 22.1. The quantitative estimate of drug-likeness (QED) is 0.391. The van der Waals surface area contributed by atoms with Gasteiger partial charge in [-0.05, 0) is 56.7 Å². The predicted octanol–water partition coefficient (Wildman–Crippen LogP) is 6.74. The minimum absolute atomic E-state index is 0.111. The lowest BCUT2D eigenvalue weighted by atomic mass is 9.87. The maximum absolute atomic E-state index is 6.02. The van der Waals surface area contributed by atoms with E-state index in [0.29, 0.717) is 35.6 Å². The number of hydrogen-bond donors (Lipinski definition) is 0. The Balaban J connectivity index is 0.000000261. The highest BCUT2D eigenvalue weighted by Crippen LogP contribution is 2.37. The van der Waals surface area contributed by atoms with Gasteiger partial charge < -0.3 is 18.9 Å². The van der Waals surface area contributed by atoms with E-state index in [1.54, 1.807) is 7.11 Å². The van der Waals surface area contributed by atoms with Crippen LogP contribution in [0.25, 0.3) is 0 Å². The van der Waals surface area contributed by atoms with Crippen molar-refractivity contribution in [2.75, 3.05) is 20.3 Å². The fourth-order valence-electron chi connectivity index (χ4n) is 3.70. The molecule has 0 amide bonds. The van der Waals surface area contributed by atoms with Crippen molar-refractivity contribution in [1.29, 1.82) is 0 Å². The molecule has 1 atom stereocenters. The van der Waals surface area contributed by atoms with Gasteiger partial charge in [0.25, 0.3) is 5.88 Å². The summed E-state index contributed by atoms with van der Waals surface area (Å²) < 4.78 is 22.8. The Morgan fingerprint density at radius 1 is 0.943 bits per heavy atom. The average molecular weight is 479 g/mol. The summed E-state index contributed by atoms with van der Waals surface area (Å²) in [6.07, 6.45) is 2.19. The van der Waals surface area contributed by atoms with Crippen LogP contribution >= 0.6 is 0 Å². The number of rotatable bonds is 6. The summed E-state index contributed by atoms with van der Waals surface area (Å²) in [6.45, 7) is 13.8. The lowest BCUT2D eigenvalue weighted by molar-refractivity contribution is 0.0652. The summed E-state index contributed by atoms with van der Waals surface area (Å²) >= 11 is 0. The third-order valence-electron chi connectivity index (χ3n) is 5.74. The summed E-state index contributed by atoms with van der Waals surface area (Å²) in [5.41, 5.74) is 3.74. The first-order chi connectivity index (χ1) is 16.7. The SMILES string of the molecule is COc1ccccc1Oc1c(C)nc(C)nc1OCC1CCCO1.Cc1ccc(C(C)(C)C)cc1. The van der Waals surface area contributed by atoms with Crippen molar-refractivity contribution in [3.05, 3.63) is 71.2 Å². The minimum atomic E-state index is 0.111. The number of para-hydroxylation sites is 2. The van der Waals surface area contributed by atoms with Gasteiger partial charge in [0.15, 0.2) is 11.5 Å². The van der Waals surface area contributed by atoms with Crippen LogP contribution in [0.4, 0.5) is 0 Å². The van der Waals surface area contributed by atoms with Gasteiger partial charge in [0, 0.05) is 6.61 Å². The van der Waals surface area contributed by atoms with E-state index in [-0.39, 0.29) is 11.5 Å². The Bertz CT molecular complexity index is 1080. The van der Waals surface area contributed by atoms with Crippen LogP contribution < -0.4 is 14.2 Å². The van der Waals surface area contributed by atoms with Crippen LogP contribution in [0.3, 0.4) is 0 Å². The minimum Gasteiger partial charge on any atom is -0.493 e. The molecule has 188 valence electrons. The molecule has 1 unspecified atom stereocenters. The van der Waals surface area contributed by atoms with Crippen molar-refractivity contribution in [2.24, 2.45) is 0 Å². The summed E-state index contributed by atoms with van der Waals surface area (Å²) in [4.78, 5) is 8.77. The Labute approximate surface area is 209 Å². The Hall–Kier alpha value is -3.12. The molecular formula is C29H38N2O4. The average Bonchev–Trinajstić information content (AvgIpc) is 3.34. The molecule has 0 aliphatic carbocycles. The predicted molar refractivity (Wildman–Crippen MR) is 139 cm³/mol. The molecule has 1 aliphatic heterocycles. The topological polar surface area (TPSA) is 62.7 Å². The standard InChI is InChI=1S/C18H22N2O4.C11H16/c1-12-17(24-16-9-5-4-8-15(16)21-3)18(20-13(2)19-12)23-11-14-7-6-10-22-14;1-9-5-7-10(8-6-9)11(2,3)4/h4-5,8-9,14H,6-7,10-11H2,1-3H3;5-8H,1-4H3. The van der Waals surface area contributed by atoms with Crippen LogP contribution in [-0.2, 0) is 10.2 Å². The smallest absolute Gasteiger partial charge is 0.261 e. The first-order valence-corrected chi connectivity index (χ1v) is 12.1. The Morgan fingerprint density at radius 3 is 2.23 bits per heavy atom. The number of nitrogens with zero attached hydrogens (tertiary/aromatic N) is 2. The second-order valence-corrected chi connectivity index (χ2v) is 9.81. The highest BCUT2D eigenvalue weighted by Gasteiger charge is 2.20. The number of aryl methyl sites for hydroxylation is 3. The molecular weight excluding hydrogens is 440 g/mol. The van der Waals surface area contributed by atoms with Gasteiger partial charge in [0.1, 0.15) is 12.4 Å². The van der Waals surface area contributed by atoms with Gasteiger partial charge >= 0.3 is 0 Å².